The Bertz CT molecular complexity index is 266. The number of ether oxygens (including phenoxy) is 1. The van der Waals surface area contributed by atoms with Crippen molar-refractivity contribution in [1.82, 2.24) is 4.90 Å². The molecule has 0 aliphatic carbocycles. The van der Waals surface area contributed by atoms with Crippen LogP contribution in [0, 0.1) is 5.41 Å². The van der Waals surface area contributed by atoms with Gasteiger partial charge in [0.1, 0.15) is 6.54 Å². The van der Waals surface area contributed by atoms with E-state index in [0.29, 0.717) is 0 Å². The topological polar surface area (TPSA) is 96.5 Å². The fraction of sp³-hybridized carbons (Fsp3) is 0.700. The molecule has 0 bridgehead atoms. The van der Waals surface area contributed by atoms with Gasteiger partial charge >= 0.3 is 11.9 Å². The van der Waals surface area contributed by atoms with Gasteiger partial charge in [-0.25, -0.2) is 4.79 Å². The summed E-state index contributed by atoms with van der Waals surface area (Å²) in [6.45, 7) is 1.84. The van der Waals surface area contributed by atoms with E-state index in [0.717, 1.165) is 19.3 Å². The average Bonchev–Trinajstić information content (AvgIpc) is 2.17. The molecule has 0 aliphatic heterocycles. The molecule has 0 spiro atoms. The first-order chi connectivity index (χ1) is 7.47. The second-order valence-electron chi connectivity index (χ2n) is 3.54. The molecule has 0 aliphatic rings. The second-order valence-corrected chi connectivity index (χ2v) is 3.54. The molecule has 0 aromatic carbocycles. The summed E-state index contributed by atoms with van der Waals surface area (Å²) in [5.74, 6) is -1.44. The van der Waals surface area contributed by atoms with Gasteiger partial charge in [0, 0.05) is 13.5 Å². The van der Waals surface area contributed by atoms with Crippen molar-refractivity contribution in [2.45, 2.75) is 32.6 Å². The average molecular weight is 229 g/mol. The van der Waals surface area contributed by atoms with Crippen molar-refractivity contribution in [3.8, 4) is 0 Å². The van der Waals surface area contributed by atoms with Crippen LogP contribution in [0.3, 0.4) is 0 Å². The minimum absolute atomic E-state index is 0.186. The lowest BCUT2D eigenvalue weighted by Gasteiger charge is -2.14. The number of carbonyl (C=O) groups excluding carboxylic acids is 2. The molecule has 0 amide bonds. The number of esters is 2. The smallest absolute Gasteiger partial charge is 0.333 e. The molecule has 6 nitrogen and oxygen atoms in total. The number of nitrogens with one attached hydrogen (secondary N) is 1. The number of likely N-dealkylation sites (N-methyl/N-ethyl adjacent to an activating group) is 1. The van der Waals surface area contributed by atoms with Gasteiger partial charge in [-0.05, 0) is 6.42 Å². The van der Waals surface area contributed by atoms with Crippen molar-refractivity contribution in [2.24, 2.45) is 5.73 Å². The van der Waals surface area contributed by atoms with Crippen molar-refractivity contribution in [3.05, 3.63) is 0 Å². The summed E-state index contributed by atoms with van der Waals surface area (Å²) >= 11 is 0. The van der Waals surface area contributed by atoms with E-state index in [4.69, 9.17) is 11.1 Å². The molecular weight excluding hydrogens is 210 g/mol. The largest absolute Gasteiger partial charge is 0.392 e. The highest BCUT2D eigenvalue weighted by Gasteiger charge is 2.13. The lowest BCUT2D eigenvalue weighted by atomic mass is 10.2. The molecular formula is C10H19N3O3. The number of hydrogen-bond donors (Lipinski definition) is 2. The van der Waals surface area contributed by atoms with E-state index in [1.807, 2.05) is 6.92 Å². The summed E-state index contributed by atoms with van der Waals surface area (Å²) in [4.78, 5) is 23.5. The minimum Gasteiger partial charge on any atom is -0.392 e. The van der Waals surface area contributed by atoms with E-state index in [9.17, 15) is 9.59 Å². The highest BCUT2D eigenvalue weighted by Crippen LogP contribution is 2.00. The quantitative estimate of drug-likeness (QED) is 0.227. The van der Waals surface area contributed by atoms with Crippen molar-refractivity contribution < 1.29 is 14.3 Å². The van der Waals surface area contributed by atoms with Crippen LogP contribution in [0.15, 0.2) is 0 Å². The predicted molar refractivity (Wildman–Crippen MR) is 59.8 cm³/mol. The molecule has 0 radical (unpaired) electrons. The van der Waals surface area contributed by atoms with Crippen molar-refractivity contribution in [1.29, 1.82) is 5.41 Å². The van der Waals surface area contributed by atoms with Gasteiger partial charge in [-0.2, -0.15) is 0 Å². The van der Waals surface area contributed by atoms with Gasteiger partial charge in [-0.3, -0.25) is 10.2 Å². The highest BCUT2D eigenvalue weighted by molar-refractivity contribution is 5.88. The number of hydrogen-bond acceptors (Lipinski definition) is 4. The van der Waals surface area contributed by atoms with Crippen molar-refractivity contribution in [3.63, 3.8) is 0 Å². The maximum Gasteiger partial charge on any atom is 0.333 e. The lowest BCUT2D eigenvalue weighted by molar-refractivity contribution is -0.159. The molecule has 0 unspecified atom stereocenters. The van der Waals surface area contributed by atoms with Crippen LogP contribution < -0.4 is 5.73 Å². The van der Waals surface area contributed by atoms with Crippen LogP contribution in [-0.4, -0.2) is 36.4 Å². The Morgan fingerprint density at radius 3 is 2.44 bits per heavy atom. The lowest BCUT2D eigenvalue weighted by Crippen LogP contribution is -2.37. The molecule has 0 aromatic heterocycles. The zero-order valence-corrected chi connectivity index (χ0v) is 9.78. The Kier molecular flexibility index (Phi) is 6.91. The van der Waals surface area contributed by atoms with Crippen molar-refractivity contribution in [2.75, 3.05) is 13.6 Å². The van der Waals surface area contributed by atoms with E-state index in [1.165, 1.54) is 11.9 Å². The molecule has 0 rings (SSSR count). The first-order valence-electron chi connectivity index (χ1n) is 5.26. The molecule has 0 atom stereocenters. The Morgan fingerprint density at radius 1 is 1.31 bits per heavy atom. The van der Waals surface area contributed by atoms with Gasteiger partial charge in [0.15, 0.2) is 5.96 Å². The standard InChI is InChI=1S/C10H19N3O3/c1-3-4-5-6-8(14)16-9(15)7-13(2)10(11)12/h3-7H2,1-2H3,(H3,11,12). The summed E-state index contributed by atoms with van der Waals surface area (Å²) in [5.41, 5.74) is 5.13. The third-order valence-electron chi connectivity index (χ3n) is 1.99. The Labute approximate surface area is 95.2 Å². The normalized spacial score (nSPS) is 9.62. The number of nitrogens with two attached hydrogens (primary N) is 1. The molecule has 0 saturated heterocycles. The third kappa shape index (κ3) is 6.80. The maximum absolute atomic E-state index is 11.2. The fourth-order valence-corrected chi connectivity index (χ4v) is 1.01. The summed E-state index contributed by atoms with van der Waals surface area (Å²) in [7, 11) is 1.48. The SMILES string of the molecule is CCCCCC(=O)OC(=O)CN(C)C(=N)N. The number of guanidine groups is 1. The van der Waals surface area contributed by atoms with Gasteiger partial charge in [-0.15, -0.1) is 0 Å². The molecule has 92 valence electrons. The zero-order valence-electron chi connectivity index (χ0n) is 9.78. The summed E-state index contributed by atoms with van der Waals surface area (Å²) in [6, 6.07) is 0. The number of rotatable bonds is 6. The van der Waals surface area contributed by atoms with Crippen LogP contribution in [0.2, 0.25) is 0 Å². The number of carbonyl (C=O) groups is 2. The third-order valence-corrected chi connectivity index (χ3v) is 1.99. The Hall–Kier alpha value is -1.59. The van der Waals surface area contributed by atoms with E-state index < -0.39 is 11.9 Å². The van der Waals surface area contributed by atoms with Crippen LogP contribution in [0.4, 0.5) is 0 Å². The molecule has 0 saturated carbocycles. The van der Waals surface area contributed by atoms with Crippen LogP contribution >= 0.6 is 0 Å². The molecule has 6 heteroatoms. The van der Waals surface area contributed by atoms with Gasteiger partial charge in [0.05, 0.1) is 0 Å². The van der Waals surface area contributed by atoms with Crippen LogP contribution in [0.25, 0.3) is 0 Å². The van der Waals surface area contributed by atoms with Crippen molar-refractivity contribution >= 4 is 17.9 Å². The van der Waals surface area contributed by atoms with E-state index in [-0.39, 0.29) is 18.9 Å². The highest BCUT2D eigenvalue weighted by atomic mass is 16.6. The summed E-state index contributed by atoms with van der Waals surface area (Å²) in [5, 5.41) is 7.02. The first kappa shape index (κ1) is 14.4. The molecule has 0 aromatic rings. The van der Waals surface area contributed by atoms with Crippen LogP contribution in [-0.2, 0) is 14.3 Å². The predicted octanol–water partition coefficient (Wildman–Crippen LogP) is 0.462. The van der Waals surface area contributed by atoms with E-state index in [2.05, 4.69) is 4.74 Å². The van der Waals surface area contributed by atoms with Gasteiger partial charge < -0.3 is 15.4 Å². The van der Waals surface area contributed by atoms with E-state index in [1.54, 1.807) is 0 Å². The number of nitrogens with zero attached hydrogens (tertiary/aromatic N) is 1. The summed E-state index contributed by atoms with van der Waals surface area (Å²) in [6.07, 6.45) is 2.93. The number of unbranched alkanes of at least 4 members (excludes halogenated alkanes) is 2. The Balaban J connectivity index is 3.78. The molecule has 0 fully saturated rings. The molecule has 0 heterocycles. The van der Waals surface area contributed by atoms with E-state index >= 15 is 0 Å². The second kappa shape index (κ2) is 7.67. The monoisotopic (exact) mass is 229 g/mol. The van der Waals surface area contributed by atoms with Gasteiger partial charge in [-0.1, -0.05) is 19.8 Å². The molecule has 3 N–H and O–H groups in total. The van der Waals surface area contributed by atoms with Gasteiger partial charge in [0.25, 0.3) is 0 Å². The Morgan fingerprint density at radius 2 is 1.94 bits per heavy atom. The van der Waals surface area contributed by atoms with Crippen LogP contribution in [0.1, 0.15) is 32.6 Å². The van der Waals surface area contributed by atoms with Crippen LogP contribution in [0.5, 0.6) is 0 Å². The molecule has 16 heavy (non-hydrogen) atoms. The maximum atomic E-state index is 11.2. The minimum atomic E-state index is -0.681. The first-order valence-corrected chi connectivity index (χ1v) is 5.26. The van der Waals surface area contributed by atoms with Gasteiger partial charge in [0.2, 0.25) is 0 Å². The fourth-order valence-electron chi connectivity index (χ4n) is 1.01. The zero-order chi connectivity index (χ0) is 12.6. The summed E-state index contributed by atoms with van der Waals surface area (Å²) < 4.78 is 4.55.